The summed E-state index contributed by atoms with van der Waals surface area (Å²) in [6, 6.07) is 4.69. The van der Waals surface area contributed by atoms with E-state index < -0.39 is 4.92 Å². The zero-order chi connectivity index (χ0) is 20.1. The Hall–Kier alpha value is -2.15. The summed E-state index contributed by atoms with van der Waals surface area (Å²) in [5, 5.41) is 14.5. The Bertz CT molecular complexity index is 803. The van der Waals surface area contributed by atoms with Crippen LogP contribution in [0.5, 0.6) is 0 Å². The fourth-order valence-corrected chi connectivity index (χ4v) is 5.56. The van der Waals surface area contributed by atoms with E-state index in [0.29, 0.717) is 37.8 Å². The number of ether oxygens (including phenoxy) is 1. The van der Waals surface area contributed by atoms with Crippen LogP contribution < -0.4 is 10.2 Å². The molecule has 0 spiro atoms. The van der Waals surface area contributed by atoms with E-state index in [4.69, 9.17) is 4.74 Å². The number of hydrogen-bond acceptors (Lipinski definition) is 5. The fraction of sp³-hybridized carbons (Fsp3) is 0.667. The van der Waals surface area contributed by atoms with Gasteiger partial charge in [0.15, 0.2) is 0 Å². The van der Waals surface area contributed by atoms with Crippen LogP contribution in [-0.4, -0.2) is 43.2 Å². The number of rotatable bonds is 4. The van der Waals surface area contributed by atoms with Crippen LogP contribution in [-0.2, 0) is 4.74 Å². The molecule has 7 nitrogen and oxygen atoms in total. The van der Waals surface area contributed by atoms with Gasteiger partial charge in [-0.3, -0.25) is 14.9 Å². The van der Waals surface area contributed by atoms with Crippen molar-refractivity contribution in [2.24, 2.45) is 16.7 Å². The lowest BCUT2D eigenvalue weighted by Crippen LogP contribution is -2.47. The number of amides is 1. The van der Waals surface area contributed by atoms with Crippen molar-refractivity contribution in [1.82, 2.24) is 5.32 Å². The van der Waals surface area contributed by atoms with Crippen LogP contribution in [0.3, 0.4) is 0 Å². The van der Waals surface area contributed by atoms with E-state index in [1.165, 1.54) is 18.6 Å². The van der Waals surface area contributed by atoms with Gasteiger partial charge in [0, 0.05) is 31.3 Å². The first-order valence-corrected chi connectivity index (χ1v) is 10.2. The lowest BCUT2D eigenvalue weighted by atomic mass is 9.69. The van der Waals surface area contributed by atoms with E-state index >= 15 is 0 Å². The van der Waals surface area contributed by atoms with Crippen molar-refractivity contribution in [3.8, 4) is 0 Å². The molecule has 0 radical (unpaired) electrons. The summed E-state index contributed by atoms with van der Waals surface area (Å²) in [5.41, 5.74) is 1.34. The summed E-state index contributed by atoms with van der Waals surface area (Å²) in [4.78, 5) is 26.2. The SMILES string of the molecule is CC1(C)[C@@H]2CC[C@@]1(C)[C@@H](NC(=O)c1cc([N+](=O)[O-])ccc1N1CCOCC1)C2. The molecule has 3 atom stereocenters. The summed E-state index contributed by atoms with van der Waals surface area (Å²) in [6.45, 7) is 9.43. The van der Waals surface area contributed by atoms with Crippen LogP contribution in [0.4, 0.5) is 11.4 Å². The van der Waals surface area contributed by atoms with Crippen LogP contribution >= 0.6 is 0 Å². The third-order valence-electron chi connectivity index (χ3n) is 7.89. The molecule has 2 aliphatic carbocycles. The van der Waals surface area contributed by atoms with Gasteiger partial charge in [-0.15, -0.1) is 0 Å². The molecule has 7 heteroatoms. The maximum Gasteiger partial charge on any atom is 0.270 e. The van der Waals surface area contributed by atoms with Gasteiger partial charge in [-0.05, 0) is 42.1 Å². The number of nitrogens with zero attached hydrogens (tertiary/aromatic N) is 2. The van der Waals surface area contributed by atoms with E-state index in [2.05, 4.69) is 31.0 Å². The summed E-state index contributed by atoms with van der Waals surface area (Å²) in [5.74, 6) is 0.409. The van der Waals surface area contributed by atoms with E-state index in [0.717, 1.165) is 18.5 Å². The third-order valence-corrected chi connectivity index (χ3v) is 7.89. The first-order chi connectivity index (χ1) is 13.2. The van der Waals surface area contributed by atoms with Crippen LogP contribution in [0.25, 0.3) is 0 Å². The molecule has 3 fully saturated rings. The van der Waals surface area contributed by atoms with Gasteiger partial charge in [-0.25, -0.2) is 0 Å². The zero-order valence-corrected chi connectivity index (χ0v) is 16.9. The lowest BCUT2D eigenvalue weighted by Gasteiger charge is -2.39. The minimum absolute atomic E-state index is 0.0540. The summed E-state index contributed by atoms with van der Waals surface area (Å²) in [7, 11) is 0. The number of carbonyl (C=O) groups excluding carboxylic acids is 1. The van der Waals surface area contributed by atoms with Crippen molar-refractivity contribution < 1.29 is 14.5 Å². The van der Waals surface area contributed by atoms with Crippen molar-refractivity contribution >= 4 is 17.3 Å². The Morgan fingerprint density at radius 2 is 2.00 bits per heavy atom. The highest BCUT2D eigenvalue weighted by Gasteiger charge is 2.61. The second-order valence-corrected chi connectivity index (χ2v) is 9.19. The zero-order valence-electron chi connectivity index (χ0n) is 16.9. The number of nitro groups is 1. The normalized spacial score (nSPS) is 31.0. The topological polar surface area (TPSA) is 84.7 Å². The van der Waals surface area contributed by atoms with Crippen molar-refractivity contribution in [3.63, 3.8) is 0 Å². The van der Waals surface area contributed by atoms with Crippen LogP contribution in [0, 0.1) is 26.9 Å². The third kappa shape index (κ3) is 2.87. The van der Waals surface area contributed by atoms with E-state index in [-0.39, 0.29) is 28.5 Å². The number of morpholine rings is 1. The van der Waals surface area contributed by atoms with Gasteiger partial charge in [0.05, 0.1) is 29.4 Å². The molecule has 1 saturated heterocycles. The molecule has 28 heavy (non-hydrogen) atoms. The molecule has 1 amide bonds. The minimum atomic E-state index is -0.443. The van der Waals surface area contributed by atoms with Crippen molar-refractivity contribution in [2.75, 3.05) is 31.2 Å². The molecule has 1 aliphatic heterocycles. The molecule has 1 aromatic carbocycles. The van der Waals surface area contributed by atoms with Gasteiger partial charge >= 0.3 is 0 Å². The maximum atomic E-state index is 13.3. The second-order valence-electron chi connectivity index (χ2n) is 9.19. The number of hydrogen-bond donors (Lipinski definition) is 1. The van der Waals surface area contributed by atoms with Gasteiger partial charge in [-0.1, -0.05) is 20.8 Å². The molecule has 1 heterocycles. The quantitative estimate of drug-likeness (QED) is 0.632. The average Bonchev–Trinajstić information content (AvgIpc) is 3.01. The predicted octanol–water partition coefficient (Wildman–Crippen LogP) is 3.38. The van der Waals surface area contributed by atoms with Crippen molar-refractivity contribution in [3.05, 3.63) is 33.9 Å². The van der Waals surface area contributed by atoms with E-state index in [9.17, 15) is 14.9 Å². The largest absolute Gasteiger partial charge is 0.378 e. The number of nitrogens with one attached hydrogen (secondary N) is 1. The van der Waals surface area contributed by atoms with Gasteiger partial charge < -0.3 is 15.0 Å². The van der Waals surface area contributed by atoms with E-state index in [1.54, 1.807) is 6.07 Å². The summed E-state index contributed by atoms with van der Waals surface area (Å²) >= 11 is 0. The van der Waals surface area contributed by atoms with E-state index in [1.807, 2.05) is 0 Å². The highest BCUT2D eigenvalue weighted by atomic mass is 16.6. The Morgan fingerprint density at radius 1 is 1.29 bits per heavy atom. The molecule has 1 aromatic rings. The van der Waals surface area contributed by atoms with Gasteiger partial charge in [0.25, 0.3) is 11.6 Å². The average molecular weight is 387 g/mol. The number of carbonyl (C=O) groups is 1. The Balaban J connectivity index is 1.63. The molecule has 1 N–H and O–H groups in total. The first kappa shape index (κ1) is 19.2. The van der Waals surface area contributed by atoms with Gasteiger partial charge in [0.1, 0.15) is 0 Å². The van der Waals surface area contributed by atoms with Gasteiger partial charge in [-0.2, -0.15) is 0 Å². The van der Waals surface area contributed by atoms with Crippen LogP contribution in [0.2, 0.25) is 0 Å². The smallest absolute Gasteiger partial charge is 0.270 e. The highest BCUT2D eigenvalue weighted by Crippen LogP contribution is 2.65. The van der Waals surface area contributed by atoms with Gasteiger partial charge in [0.2, 0.25) is 0 Å². The molecule has 152 valence electrons. The van der Waals surface area contributed by atoms with Crippen molar-refractivity contribution in [2.45, 2.75) is 46.1 Å². The Morgan fingerprint density at radius 3 is 2.57 bits per heavy atom. The first-order valence-electron chi connectivity index (χ1n) is 10.2. The second kappa shape index (κ2) is 6.72. The summed E-state index contributed by atoms with van der Waals surface area (Å²) < 4.78 is 5.41. The van der Waals surface area contributed by atoms with Crippen molar-refractivity contribution in [1.29, 1.82) is 0 Å². The number of benzene rings is 1. The Labute approximate surface area is 165 Å². The molecular formula is C21H29N3O4. The number of nitro benzene ring substituents is 1. The standard InChI is InChI=1S/C21H29N3O4/c1-20(2)14-6-7-21(20,3)18(12-14)22-19(25)16-13-15(24(26)27)4-5-17(16)23-8-10-28-11-9-23/h4-5,13-14,18H,6-12H2,1-3H3,(H,22,25)/t14-,18+,21+/m1/s1. The molecule has 3 aliphatic rings. The maximum absolute atomic E-state index is 13.3. The molecular weight excluding hydrogens is 358 g/mol. The lowest BCUT2D eigenvalue weighted by molar-refractivity contribution is -0.384. The monoisotopic (exact) mass is 387 g/mol. The fourth-order valence-electron chi connectivity index (χ4n) is 5.56. The molecule has 2 bridgehead atoms. The predicted molar refractivity (Wildman–Crippen MR) is 107 cm³/mol. The highest BCUT2D eigenvalue weighted by molar-refractivity contribution is 6.00. The molecule has 2 saturated carbocycles. The molecule has 0 unspecified atom stereocenters. The molecule has 0 aromatic heterocycles. The summed E-state index contributed by atoms with van der Waals surface area (Å²) in [6.07, 6.45) is 3.31. The van der Waals surface area contributed by atoms with Crippen LogP contribution in [0.1, 0.15) is 50.4 Å². The minimum Gasteiger partial charge on any atom is -0.378 e. The number of non-ortho nitro benzene ring substituents is 1. The number of anilines is 1. The Kier molecular flexibility index (Phi) is 4.61. The van der Waals surface area contributed by atoms with Crippen LogP contribution in [0.15, 0.2) is 18.2 Å². The molecule has 4 rings (SSSR count). The number of fused-ring (bicyclic) bond motifs is 2.